The van der Waals surface area contributed by atoms with Crippen LogP contribution in [0.25, 0.3) is 11.0 Å². The van der Waals surface area contributed by atoms with E-state index in [-0.39, 0.29) is 27.2 Å². The first-order valence-electron chi connectivity index (χ1n) is 8.37. The molecule has 0 saturated heterocycles. The standard InChI is InChI=1S/C18H12Cl2N4O4S2/c19-11-7-13-10(6-14-15(20)22-17(29-14)23-18(25)26)9-24(16(13)21-8-11)30(27,28)12-4-2-1-3-5-12/h1-5,7-9H,6H2,(H,22,23)(H,25,26). The summed E-state index contributed by atoms with van der Waals surface area (Å²) in [6.45, 7) is 0. The van der Waals surface area contributed by atoms with Gasteiger partial charge in [0.15, 0.2) is 10.8 Å². The number of carboxylic acid groups (broad SMARTS) is 1. The summed E-state index contributed by atoms with van der Waals surface area (Å²) in [7, 11) is -3.89. The van der Waals surface area contributed by atoms with Crippen molar-refractivity contribution < 1.29 is 18.3 Å². The summed E-state index contributed by atoms with van der Waals surface area (Å²) in [6.07, 6.45) is 1.80. The predicted molar refractivity (Wildman–Crippen MR) is 115 cm³/mol. The summed E-state index contributed by atoms with van der Waals surface area (Å²) in [4.78, 5) is 19.7. The fourth-order valence-corrected chi connectivity index (χ4v) is 5.62. The van der Waals surface area contributed by atoms with Gasteiger partial charge in [0.2, 0.25) is 0 Å². The molecule has 0 aliphatic heterocycles. The Bertz CT molecular complexity index is 1370. The van der Waals surface area contributed by atoms with E-state index in [2.05, 4.69) is 15.3 Å². The van der Waals surface area contributed by atoms with Crippen molar-refractivity contribution in [2.75, 3.05) is 5.32 Å². The van der Waals surface area contributed by atoms with Crippen molar-refractivity contribution in [3.05, 3.63) is 69.4 Å². The van der Waals surface area contributed by atoms with Gasteiger partial charge in [0.25, 0.3) is 10.0 Å². The van der Waals surface area contributed by atoms with Crippen LogP contribution in [0.3, 0.4) is 0 Å². The molecule has 3 heterocycles. The maximum absolute atomic E-state index is 13.2. The lowest BCUT2D eigenvalue weighted by Gasteiger charge is -2.06. The molecule has 0 radical (unpaired) electrons. The third-order valence-corrected chi connectivity index (χ3v) is 7.44. The molecule has 0 aliphatic rings. The summed E-state index contributed by atoms with van der Waals surface area (Å²) in [5, 5.41) is 12.1. The van der Waals surface area contributed by atoms with Gasteiger partial charge in [-0.25, -0.2) is 27.2 Å². The number of rotatable bonds is 5. The first-order chi connectivity index (χ1) is 14.3. The smallest absolute Gasteiger partial charge is 0.410 e. The molecular formula is C18H12Cl2N4O4S2. The average molecular weight is 483 g/mol. The van der Waals surface area contributed by atoms with E-state index in [0.717, 1.165) is 15.3 Å². The predicted octanol–water partition coefficient (Wildman–Crippen LogP) is 4.72. The maximum Gasteiger partial charge on any atom is 0.410 e. The topological polar surface area (TPSA) is 114 Å². The van der Waals surface area contributed by atoms with E-state index in [9.17, 15) is 13.2 Å². The molecule has 0 atom stereocenters. The molecule has 3 aromatic heterocycles. The highest BCUT2D eigenvalue weighted by Crippen LogP contribution is 2.33. The first-order valence-corrected chi connectivity index (χ1v) is 11.4. The molecule has 0 saturated carbocycles. The number of aromatic nitrogens is 3. The molecule has 0 unspecified atom stereocenters. The van der Waals surface area contributed by atoms with Gasteiger partial charge in [-0.15, -0.1) is 0 Å². The Morgan fingerprint density at radius 1 is 1.23 bits per heavy atom. The minimum absolute atomic E-state index is 0.119. The zero-order valence-electron chi connectivity index (χ0n) is 14.9. The number of nitrogens with zero attached hydrogens (tertiary/aromatic N) is 3. The van der Waals surface area contributed by atoms with Crippen molar-refractivity contribution in [2.45, 2.75) is 11.3 Å². The lowest BCUT2D eigenvalue weighted by atomic mass is 10.1. The Kier molecular flexibility index (Phi) is 5.41. The molecule has 0 spiro atoms. The molecule has 12 heteroatoms. The van der Waals surface area contributed by atoms with Gasteiger partial charge in [-0.05, 0) is 23.8 Å². The van der Waals surface area contributed by atoms with Crippen LogP contribution in [0.1, 0.15) is 10.4 Å². The molecule has 1 aromatic carbocycles. The van der Waals surface area contributed by atoms with Crippen molar-refractivity contribution in [3.8, 4) is 0 Å². The summed E-state index contributed by atoms with van der Waals surface area (Å²) in [5.41, 5.74) is 0.828. The number of hydrogen-bond donors (Lipinski definition) is 2. The summed E-state index contributed by atoms with van der Waals surface area (Å²) in [5.74, 6) is 0. The molecule has 8 nitrogen and oxygen atoms in total. The van der Waals surface area contributed by atoms with Crippen molar-refractivity contribution in [1.29, 1.82) is 0 Å². The minimum Gasteiger partial charge on any atom is -0.465 e. The van der Waals surface area contributed by atoms with Crippen LogP contribution in [-0.4, -0.2) is 33.6 Å². The van der Waals surface area contributed by atoms with Crippen LogP contribution in [0, 0.1) is 0 Å². The van der Waals surface area contributed by atoms with Crippen LogP contribution in [0.4, 0.5) is 9.93 Å². The Morgan fingerprint density at radius 2 is 1.97 bits per heavy atom. The van der Waals surface area contributed by atoms with E-state index in [0.29, 0.717) is 20.8 Å². The Morgan fingerprint density at radius 3 is 2.67 bits per heavy atom. The minimum atomic E-state index is -3.89. The van der Waals surface area contributed by atoms with Crippen molar-refractivity contribution in [1.82, 2.24) is 13.9 Å². The zero-order valence-corrected chi connectivity index (χ0v) is 18.1. The highest BCUT2D eigenvalue weighted by atomic mass is 35.5. The van der Waals surface area contributed by atoms with Crippen LogP contribution in [0.2, 0.25) is 10.2 Å². The fourth-order valence-electron chi connectivity index (χ4n) is 2.91. The molecule has 0 bridgehead atoms. The third kappa shape index (κ3) is 3.86. The van der Waals surface area contributed by atoms with E-state index in [1.807, 2.05) is 0 Å². The number of anilines is 1. The van der Waals surface area contributed by atoms with Crippen molar-refractivity contribution >= 4 is 66.8 Å². The summed E-state index contributed by atoms with van der Waals surface area (Å²) >= 11 is 13.3. The monoisotopic (exact) mass is 482 g/mol. The van der Waals surface area contributed by atoms with E-state index >= 15 is 0 Å². The van der Waals surface area contributed by atoms with Crippen LogP contribution in [-0.2, 0) is 16.4 Å². The van der Waals surface area contributed by atoms with Crippen molar-refractivity contribution in [3.63, 3.8) is 0 Å². The van der Waals surface area contributed by atoms with E-state index in [1.165, 1.54) is 24.5 Å². The fraction of sp³-hybridized carbons (Fsp3) is 0.0556. The quantitative estimate of drug-likeness (QED) is 0.425. The lowest BCUT2D eigenvalue weighted by molar-refractivity contribution is 0.209. The SMILES string of the molecule is O=C(O)Nc1nc(Cl)c(Cc2cn(S(=O)(=O)c3ccccc3)c3ncc(Cl)cc23)s1. The molecule has 2 N–H and O–H groups in total. The average Bonchev–Trinajstić information content (AvgIpc) is 3.22. The maximum atomic E-state index is 13.2. The van der Waals surface area contributed by atoms with Crippen LogP contribution >= 0.6 is 34.5 Å². The second-order valence-corrected chi connectivity index (χ2v) is 9.83. The van der Waals surface area contributed by atoms with Crippen LogP contribution in [0.5, 0.6) is 0 Å². The van der Waals surface area contributed by atoms with E-state index in [1.54, 1.807) is 24.3 Å². The third-order valence-electron chi connectivity index (χ3n) is 4.18. The molecule has 0 fully saturated rings. The highest BCUT2D eigenvalue weighted by Gasteiger charge is 2.23. The first kappa shape index (κ1) is 20.6. The molecule has 4 aromatic rings. The van der Waals surface area contributed by atoms with Gasteiger partial charge >= 0.3 is 6.09 Å². The number of pyridine rings is 1. The van der Waals surface area contributed by atoms with Gasteiger partial charge in [-0.1, -0.05) is 52.7 Å². The largest absolute Gasteiger partial charge is 0.465 e. The van der Waals surface area contributed by atoms with Gasteiger partial charge in [0.05, 0.1) is 14.8 Å². The summed E-state index contributed by atoms with van der Waals surface area (Å²) in [6, 6.07) is 9.63. The number of nitrogens with one attached hydrogen (secondary N) is 1. The number of thiazole rings is 1. The molecule has 154 valence electrons. The van der Waals surface area contributed by atoms with Crippen molar-refractivity contribution in [2.24, 2.45) is 0 Å². The van der Waals surface area contributed by atoms with Crippen LogP contribution < -0.4 is 5.32 Å². The number of fused-ring (bicyclic) bond motifs is 1. The Hall–Kier alpha value is -2.66. The molecule has 30 heavy (non-hydrogen) atoms. The number of amides is 1. The highest BCUT2D eigenvalue weighted by molar-refractivity contribution is 7.90. The second kappa shape index (κ2) is 7.88. The summed E-state index contributed by atoms with van der Waals surface area (Å²) < 4.78 is 27.4. The number of hydrogen-bond acceptors (Lipinski definition) is 6. The van der Waals surface area contributed by atoms with Gasteiger partial charge in [-0.3, -0.25) is 5.32 Å². The van der Waals surface area contributed by atoms with Gasteiger partial charge in [-0.2, -0.15) is 0 Å². The Labute approximate surface area is 184 Å². The zero-order chi connectivity index (χ0) is 21.5. The number of carbonyl (C=O) groups is 1. The Balaban J connectivity index is 1.83. The number of benzene rings is 1. The number of halogens is 2. The van der Waals surface area contributed by atoms with E-state index in [4.69, 9.17) is 28.3 Å². The van der Waals surface area contributed by atoms with Crippen LogP contribution in [0.15, 0.2) is 53.7 Å². The lowest BCUT2D eigenvalue weighted by Crippen LogP contribution is -2.12. The molecule has 0 aliphatic carbocycles. The van der Waals surface area contributed by atoms with Gasteiger partial charge < -0.3 is 5.11 Å². The molecule has 4 rings (SSSR count). The molecule has 1 amide bonds. The second-order valence-electron chi connectivity index (χ2n) is 6.13. The normalized spacial score (nSPS) is 11.7. The van der Waals surface area contributed by atoms with Gasteiger partial charge in [0, 0.05) is 24.2 Å². The van der Waals surface area contributed by atoms with Gasteiger partial charge in [0.1, 0.15) is 5.15 Å². The molecular weight excluding hydrogens is 471 g/mol. The van der Waals surface area contributed by atoms with E-state index < -0.39 is 16.1 Å².